The van der Waals surface area contributed by atoms with Crippen molar-refractivity contribution in [2.75, 3.05) is 6.54 Å². The first-order valence-corrected chi connectivity index (χ1v) is 10.9. The molecule has 0 aliphatic heterocycles. The van der Waals surface area contributed by atoms with Gasteiger partial charge in [-0.2, -0.15) is 0 Å². The Bertz CT molecular complexity index is 650. The van der Waals surface area contributed by atoms with Crippen molar-refractivity contribution < 1.29 is 13.2 Å². The predicted molar refractivity (Wildman–Crippen MR) is 100 cm³/mol. The summed E-state index contributed by atoms with van der Waals surface area (Å²) in [6.07, 6.45) is 9.34. The highest BCUT2D eigenvalue weighted by atomic mass is 32.2. The second-order valence-corrected chi connectivity index (χ2v) is 8.51. The van der Waals surface area contributed by atoms with E-state index in [0.717, 1.165) is 44.9 Å². The fourth-order valence-corrected chi connectivity index (χ4v) is 4.52. The van der Waals surface area contributed by atoms with Gasteiger partial charge in [0.2, 0.25) is 10.0 Å². The van der Waals surface area contributed by atoms with Gasteiger partial charge in [-0.25, -0.2) is 13.1 Å². The van der Waals surface area contributed by atoms with Crippen molar-refractivity contribution in [3.05, 3.63) is 29.8 Å². The van der Waals surface area contributed by atoms with Gasteiger partial charge in [0.25, 0.3) is 5.91 Å². The topological polar surface area (TPSA) is 75.3 Å². The molecule has 1 amide bonds. The highest BCUT2D eigenvalue weighted by molar-refractivity contribution is 7.89. The van der Waals surface area contributed by atoms with Gasteiger partial charge in [-0.1, -0.05) is 51.5 Å². The van der Waals surface area contributed by atoms with Gasteiger partial charge in [-0.05, 0) is 37.5 Å². The molecule has 0 unspecified atom stereocenters. The molecule has 1 aromatic rings. The predicted octanol–water partition coefficient (Wildman–Crippen LogP) is 3.61. The van der Waals surface area contributed by atoms with E-state index < -0.39 is 10.0 Å². The zero-order valence-corrected chi connectivity index (χ0v) is 15.9. The average molecular weight is 367 g/mol. The van der Waals surface area contributed by atoms with E-state index in [4.69, 9.17) is 0 Å². The molecular weight excluding hydrogens is 336 g/mol. The second-order valence-electron chi connectivity index (χ2n) is 6.80. The van der Waals surface area contributed by atoms with Crippen molar-refractivity contribution in [2.45, 2.75) is 75.6 Å². The Balaban J connectivity index is 2.01. The van der Waals surface area contributed by atoms with Crippen LogP contribution in [0.2, 0.25) is 0 Å². The van der Waals surface area contributed by atoms with Crippen LogP contribution in [0, 0.1) is 0 Å². The lowest BCUT2D eigenvalue weighted by molar-refractivity contribution is 0.0952. The molecule has 2 N–H and O–H groups in total. The maximum absolute atomic E-state index is 12.6. The fraction of sp³-hybridized carbons (Fsp3) is 0.632. The molecule has 0 heterocycles. The smallest absolute Gasteiger partial charge is 0.251 e. The molecule has 140 valence electrons. The molecule has 0 aromatic heterocycles. The van der Waals surface area contributed by atoms with Crippen LogP contribution in [0.4, 0.5) is 0 Å². The average Bonchev–Trinajstić information content (AvgIpc) is 2.87. The lowest BCUT2D eigenvalue weighted by Crippen LogP contribution is -2.34. The van der Waals surface area contributed by atoms with E-state index in [9.17, 15) is 13.2 Å². The molecule has 1 fully saturated rings. The minimum absolute atomic E-state index is 0.000901. The van der Waals surface area contributed by atoms with E-state index in [2.05, 4.69) is 17.0 Å². The minimum Gasteiger partial charge on any atom is -0.352 e. The van der Waals surface area contributed by atoms with Gasteiger partial charge in [0, 0.05) is 18.2 Å². The highest BCUT2D eigenvalue weighted by Crippen LogP contribution is 2.20. The van der Waals surface area contributed by atoms with Crippen LogP contribution in [0.25, 0.3) is 0 Å². The van der Waals surface area contributed by atoms with Crippen LogP contribution in [0.1, 0.15) is 75.1 Å². The molecule has 1 aliphatic rings. The van der Waals surface area contributed by atoms with Crippen LogP contribution >= 0.6 is 0 Å². The number of carbonyl (C=O) groups is 1. The zero-order chi connectivity index (χ0) is 18.1. The van der Waals surface area contributed by atoms with Gasteiger partial charge in [0.15, 0.2) is 0 Å². The Labute approximate surface area is 151 Å². The van der Waals surface area contributed by atoms with Crippen molar-refractivity contribution in [3.8, 4) is 0 Å². The van der Waals surface area contributed by atoms with Crippen molar-refractivity contribution >= 4 is 15.9 Å². The van der Waals surface area contributed by atoms with E-state index in [1.807, 2.05) is 0 Å². The van der Waals surface area contributed by atoms with Crippen molar-refractivity contribution in [1.29, 1.82) is 0 Å². The number of hydrogen-bond acceptors (Lipinski definition) is 3. The first-order valence-electron chi connectivity index (χ1n) is 9.43. The van der Waals surface area contributed by atoms with Crippen LogP contribution in [-0.4, -0.2) is 26.9 Å². The van der Waals surface area contributed by atoms with E-state index in [1.54, 1.807) is 18.2 Å². The van der Waals surface area contributed by atoms with Gasteiger partial charge in [0.05, 0.1) is 4.90 Å². The summed E-state index contributed by atoms with van der Waals surface area (Å²) in [6, 6.07) is 6.29. The van der Waals surface area contributed by atoms with Crippen molar-refractivity contribution in [3.63, 3.8) is 0 Å². The molecule has 1 saturated carbocycles. The Morgan fingerprint density at radius 1 is 1.12 bits per heavy atom. The Kier molecular flexibility index (Phi) is 7.90. The van der Waals surface area contributed by atoms with Crippen molar-refractivity contribution in [2.24, 2.45) is 0 Å². The Hall–Kier alpha value is -1.40. The maximum atomic E-state index is 12.6. The van der Waals surface area contributed by atoms with E-state index in [0.29, 0.717) is 12.1 Å². The molecular formula is C19H30N2O3S. The lowest BCUT2D eigenvalue weighted by Gasteiger charge is -2.16. The molecule has 0 spiro atoms. The molecule has 0 atom stereocenters. The number of hydrogen-bond donors (Lipinski definition) is 2. The molecule has 25 heavy (non-hydrogen) atoms. The number of unbranched alkanes of at least 4 members (excludes halogenated alkanes) is 2. The molecule has 0 radical (unpaired) electrons. The third-order valence-corrected chi connectivity index (χ3v) is 6.17. The van der Waals surface area contributed by atoms with Crippen LogP contribution in [0.3, 0.4) is 0 Å². The molecule has 2 rings (SSSR count). The highest BCUT2D eigenvalue weighted by Gasteiger charge is 2.22. The molecule has 0 saturated heterocycles. The number of carbonyl (C=O) groups excluding carboxylic acids is 1. The molecule has 5 nitrogen and oxygen atoms in total. The summed E-state index contributed by atoms with van der Waals surface area (Å²) < 4.78 is 28.1. The lowest BCUT2D eigenvalue weighted by atomic mass is 10.1. The molecule has 1 aliphatic carbocycles. The number of nitrogens with one attached hydrogen (secondary N) is 2. The number of benzene rings is 1. The summed E-state index contributed by atoms with van der Waals surface area (Å²) >= 11 is 0. The molecule has 0 bridgehead atoms. The monoisotopic (exact) mass is 366 g/mol. The van der Waals surface area contributed by atoms with E-state index in [1.165, 1.54) is 18.9 Å². The third-order valence-electron chi connectivity index (χ3n) is 4.65. The van der Waals surface area contributed by atoms with E-state index in [-0.39, 0.29) is 16.8 Å². The molecule has 1 aromatic carbocycles. The van der Waals surface area contributed by atoms with Crippen LogP contribution in [-0.2, 0) is 10.0 Å². The minimum atomic E-state index is -3.59. The largest absolute Gasteiger partial charge is 0.352 e. The molecule has 6 heteroatoms. The summed E-state index contributed by atoms with van der Waals surface area (Å²) in [4.78, 5) is 12.4. The fourth-order valence-electron chi connectivity index (χ4n) is 3.17. The number of rotatable bonds is 8. The summed E-state index contributed by atoms with van der Waals surface area (Å²) in [5, 5.41) is 2.85. The van der Waals surface area contributed by atoms with Gasteiger partial charge in [-0.3, -0.25) is 4.79 Å². The summed E-state index contributed by atoms with van der Waals surface area (Å²) in [6.45, 7) is 2.72. The van der Waals surface area contributed by atoms with Crippen LogP contribution in [0.5, 0.6) is 0 Å². The normalized spacial score (nSPS) is 16.4. The summed E-state index contributed by atoms with van der Waals surface area (Å²) in [7, 11) is -3.59. The Morgan fingerprint density at radius 2 is 1.84 bits per heavy atom. The summed E-state index contributed by atoms with van der Waals surface area (Å²) in [5.41, 5.74) is 0.389. The SMILES string of the molecule is CCCCCNC(=O)c1cccc(S(=O)(=O)NC2CCCCCC2)c1. The van der Waals surface area contributed by atoms with Gasteiger partial charge >= 0.3 is 0 Å². The van der Waals surface area contributed by atoms with Gasteiger partial charge in [-0.15, -0.1) is 0 Å². The quantitative estimate of drug-likeness (QED) is 0.545. The van der Waals surface area contributed by atoms with Gasteiger partial charge < -0.3 is 5.32 Å². The van der Waals surface area contributed by atoms with Crippen LogP contribution in [0.15, 0.2) is 29.2 Å². The first kappa shape index (κ1) is 19.9. The van der Waals surface area contributed by atoms with Gasteiger partial charge in [0.1, 0.15) is 0 Å². The standard InChI is InChI=1S/C19H30N2O3S/c1-2-3-8-14-20-19(22)16-10-9-13-18(15-16)25(23,24)21-17-11-6-4-5-7-12-17/h9-10,13,15,17,21H,2-8,11-12,14H2,1H3,(H,20,22). The number of sulfonamides is 1. The first-order chi connectivity index (χ1) is 12.0. The maximum Gasteiger partial charge on any atom is 0.251 e. The van der Waals surface area contributed by atoms with Crippen molar-refractivity contribution in [1.82, 2.24) is 10.0 Å². The Morgan fingerprint density at radius 3 is 2.52 bits per heavy atom. The van der Waals surface area contributed by atoms with Crippen LogP contribution < -0.4 is 10.0 Å². The summed E-state index contributed by atoms with van der Waals surface area (Å²) in [5.74, 6) is -0.220. The number of amides is 1. The third kappa shape index (κ3) is 6.44. The second kappa shape index (κ2) is 9.92. The zero-order valence-electron chi connectivity index (χ0n) is 15.1. The van der Waals surface area contributed by atoms with E-state index >= 15 is 0 Å².